The zero-order valence-electron chi connectivity index (χ0n) is 16.6. The molecule has 150 valence electrons. The molecule has 1 aromatic heterocycles. The van der Waals surface area contributed by atoms with Gasteiger partial charge in [0.1, 0.15) is 6.54 Å². The number of carbonyl (C=O) groups is 1. The van der Waals surface area contributed by atoms with Crippen molar-refractivity contribution in [1.82, 2.24) is 25.6 Å². The highest BCUT2D eigenvalue weighted by molar-refractivity contribution is 5.75. The number of carbonyl (C=O) groups excluding carboxylic acids is 1. The van der Waals surface area contributed by atoms with Crippen LogP contribution in [0.15, 0.2) is 30.5 Å². The van der Waals surface area contributed by atoms with E-state index >= 15 is 0 Å². The van der Waals surface area contributed by atoms with Gasteiger partial charge in [-0.3, -0.25) is 10.1 Å². The van der Waals surface area contributed by atoms with Crippen molar-refractivity contribution in [3.8, 4) is 0 Å². The molecule has 3 N–H and O–H groups in total. The lowest BCUT2D eigenvalue weighted by Crippen LogP contribution is -2.42. The van der Waals surface area contributed by atoms with Gasteiger partial charge in [-0.05, 0) is 31.0 Å². The summed E-state index contributed by atoms with van der Waals surface area (Å²) >= 11 is 0. The van der Waals surface area contributed by atoms with Gasteiger partial charge in [0.2, 0.25) is 5.91 Å². The van der Waals surface area contributed by atoms with Crippen LogP contribution in [-0.2, 0) is 23.2 Å². The Morgan fingerprint density at radius 3 is 3.11 bits per heavy atom. The first kappa shape index (κ1) is 18.9. The van der Waals surface area contributed by atoms with E-state index in [-0.39, 0.29) is 24.0 Å². The molecule has 7 heteroatoms. The number of hydrogen-bond donors (Lipinski definition) is 3. The number of nitrogens with zero attached hydrogens (tertiary/aromatic N) is 3. The summed E-state index contributed by atoms with van der Waals surface area (Å²) in [6, 6.07) is 8.52. The third kappa shape index (κ3) is 3.76. The molecule has 1 amide bonds. The summed E-state index contributed by atoms with van der Waals surface area (Å²) < 4.78 is 1.65. The van der Waals surface area contributed by atoms with Crippen molar-refractivity contribution in [3.63, 3.8) is 0 Å². The van der Waals surface area contributed by atoms with Crippen molar-refractivity contribution in [2.45, 2.75) is 63.6 Å². The van der Waals surface area contributed by atoms with Crippen LogP contribution in [0.1, 0.15) is 50.3 Å². The van der Waals surface area contributed by atoms with Gasteiger partial charge in [-0.15, -0.1) is 5.10 Å². The zero-order chi connectivity index (χ0) is 19.4. The molecule has 0 saturated carbocycles. The molecule has 1 aromatic carbocycles. The van der Waals surface area contributed by atoms with Gasteiger partial charge in [-0.2, -0.15) is 0 Å². The van der Waals surface area contributed by atoms with Crippen molar-refractivity contribution in [3.05, 3.63) is 41.7 Å². The van der Waals surface area contributed by atoms with E-state index in [9.17, 15) is 4.79 Å². The highest BCUT2D eigenvalue weighted by Crippen LogP contribution is 2.46. The summed E-state index contributed by atoms with van der Waals surface area (Å²) in [6.45, 7) is 4.13. The molecule has 0 spiro atoms. The summed E-state index contributed by atoms with van der Waals surface area (Å²) in [6.07, 6.45) is 8.64. The molecule has 3 heterocycles. The minimum atomic E-state index is -0.000999. The lowest BCUT2D eigenvalue weighted by atomic mass is 9.76. The molecule has 2 aromatic rings. The average Bonchev–Trinajstić information content (AvgIpc) is 3.36. The summed E-state index contributed by atoms with van der Waals surface area (Å²) in [5.74, 6) is -0.000556. The number of hydrogen-bond acceptors (Lipinski definition) is 5. The van der Waals surface area contributed by atoms with E-state index in [2.05, 4.69) is 57.5 Å². The quantitative estimate of drug-likeness (QED) is 0.579. The predicted molar refractivity (Wildman–Crippen MR) is 109 cm³/mol. The summed E-state index contributed by atoms with van der Waals surface area (Å²) in [4.78, 5) is 12.1. The number of benzene rings is 1. The molecule has 2 atom stereocenters. The van der Waals surface area contributed by atoms with Crippen LogP contribution in [0, 0.1) is 0 Å². The van der Waals surface area contributed by atoms with Crippen LogP contribution in [0.4, 0.5) is 5.69 Å². The van der Waals surface area contributed by atoms with E-state index in [1.165, 1.54) is 24.1 Å². The first-order chi connectivity index (χ1) is 13.7. The maximum Gasteiger partial charge on any atom is 0.241 e. The van der Waals surface area contributed by atoms with Crippen LogP contribution >= 0.6 is 0 Å². The Bertz CT molecular complexity index is 819. The van der Waals surface area contributed by atoms with Gasteiger partial charge in [0, 0.05) is 30.3 Å². The topological polar surface area (TPSA) is 83.9 Å². The molecular weight excluding hydrogens is 352 g/mol. The van der Waals surface area contributed by atoms with E-state index in [4.69, 9.17) is 0 Å². The molecular formula is C21H30N6O. The lowest BCUT2D eigenvalue weighted by Gasteiger charge is -2.28. The second kappa shape index (κ2) is 8.31. The van der Waals surface area contributed by atoms with Gasteiger partial charge in [-0.25, -0.2) is 4.68 Å². The van der Waals surface area contributed by atoms with Crippen LogP contribution in [0.3, 0.4) is 0 Å². The van der Waals surface area contributed by atoms with Crippen molar-refractivity contribution < 1.29 is 4.79 Å². The molecule has 1 fully saturated rings. The largest absolute Gasteiger partial charge is 0.369 e. The summed E-state index contributed by atoms with van der Waals surface area (Å²) in [5, 5.41) is 18.7. The minimum absolute atomic E-state index is 0.000556. The van der Waals surface area contributed by atoms with E-state index in [0.717, 1.165) is 44.5 Å². The Kier molecular flexibility index (Phi) is 5.62. The number of unbranched alkanes of at least 4 members (excludes halogenated alkanes) is 3. The van der Waals surface area contributed by atoms with Crippen molar-refractivity contribution in [2.75, 3.05) is 18.4 Å². The first-order valence-corrected chi connectivity index (χ1v) is 10.5. The molecule has 0 unspecified atom stereocenters. The summed E-state index contributed by atoms with van der Waals surface area (Å²) in [7, 11) is 0. The number of fused-ring (bicyclic) bond motifs is 3. The third-order valence-electron chi connectivity index (χ3n) is 5.98. The lowest BCUT2D eigenvalue weighted by molar-refractivity contribution is -0.121. The van der Waals surface area contributed by atoms with Crippen LogP contribution in [0.25, 0.3) is 0 Å². The Morgan fingerprint density at radius 1 is 1.32 bits per heavy atom. The number of anilines is 1. The molecule has 0 radical (unpaired) electrons. The van der Waals surface area contributed by atoms with Gasteiger partial charge in [0.15, 0.2) is 0 Å². The monoisotopic (exact) mass is 382 g/mol. The van der Waals surface area contributed by atoms with Crippen LogP contribution < -0.4 is 16.0 Å². The second-order valence-corrected chi connectivity index (χ2v) is 7.98. The predicted octanol–water partition coefficient (Wildman–Crippen LogP) is 2.20. The fraction of sp³-hybridized carbons (Fsp3) is 0.571. The van der Waals surface area contributed by atoms with Crippen LogP contribution in [-0.4, -0.2) is 40.2 Å². The van der Waals surface area contributed by atoms with E-state index in [0.29, 0.717) is 0 Å². The van der Waals surface area contributed by atoms with E-state index < -0.39 is 0 Å². The van der Waals surface area contributed by atoms with Crippen molar-refractivity contribution >= 4 is 11.6 Å². The molecule has 2 aliphatic rings. The Labute approximate surface area is 166 Å². The Hall–Kier alpha value is -2.41. The van der Waals surface area contributed by atoms with E-state index in [1.807, 2.05) is 6.20 Å². The standard InChI is InChI=1S/C21H30N6O/c1-2-3-4-7-11-22-19(28)15-27-14-16(25-26-27)13-21-10-12-23-20(21)24-18-9-6-5-8-17(18)21/h5-6,8-9,14,20,23-24H,2-4,7,10-13,15H2,1H3,(H,22,28)/t20-,21-/m1/s1. The maximum absolute atomic E-state index is 12.1. The van der Waals surface area contributed by atoms with Crippen LogP contribution in [0.5, 0.6) is 0 Å². The average molecular weight is 383 g/mol. The molecule has 7 nitrogen and oxygen atoms in total. The smallest absolute Gasteiger partial charge is 0.241 e. The van der Waals surface area contributed by atoms with Gasteiger partial charge in [0.25, 0.3) is 0 Å². The molecule has 0 bridgehead atoms. The maximum atomic E-state index is 12.1. The Balaban J connectivity index is 1.37. The normalized spacial score (nSPS) is 22.5. The second-order valence-electron chi connectivity index (χ2n) is 7.98. The zero-order valence-corrected chi connectivity index (χ0v) is 16.6. The molecule has 1 saturated heterocycles. The first-order valence-electron chi connectivity index (χ1n) is 10.5. The van der Waals surface area contributed by atoms with Gasteiger partial charge in [-0.1, -0.05) is 49.6 Å². The highest BCUT2D eigenvalue weighted by Gasteiger charge is 2.50. The highest BCUT2D eigenvalue weighted by atomic mass is 16.2. The molecule has 2 aliphatic heterocycles. The SMILES string of the molecule is CCCCCCNC(=O)Cn1cc(C[C@@]23CCN[C@@H]2Nc2ccccc23)nn1. The molecule has 4 rings (SSSR count). The van der Waals surface area contributed by atoms with Gasteiger partial charge < -0.3 is 10.6 Å². The van der Waals surface area contributed by atoms with Gasteiger partial charge in [0.05, 0.1) is 11.9 Å². The number of aromatic nitrogens is 3. The van der Waals surface area contributed by atoms with Crippen LogP contribution in [0.2, 0.25) is 0 Å². The van der Waals surface area contributed by atoms with Crippen molar-refractivity contribution in [1.29, 1.82) is 0 Å². The van der Waals surface area contributed by atoms with E-state index in [1.54, 1.807) is 4.68 Å². The number of para-hydroxylation sites is 1. The number of nitrogens with one attached hydrogen (secondary N) is 3. The third-order valence-corrected chi connectivity index (χ3v) is 5.98. The Morgan fingerprint density at radius 2 is 2.21 bits per heavy atom. The molecule has 0 aliphatic carbocycles. The van der Waals surface area contributed by atoms with Crippen molar-refractivity contribution in [2.24, 2.45) is 0 Å². The fourth-order valence-electron chi connectivity index (χ4n) is 4.55. The number of amides is 1. The number of rotatable bonds is 9. The minimum Gasteiger partial charge on any atom is -0.369 e. The fourth-order valence-corrected chi connectivity index (χ4v) is 4.55. The van der Waals surface area contributed by atoms with Gasteiger partial charge >= 0.3 is 0 Å². The summed E-state index contributed by atoms with van der Waals surface area (Å²) in [5.41, 5.74) is 3.49. The molecule has 28 heavy (non-hydrogen) atoms.